The van der Waals surface area contributed by atoms with E-state index in [-0.39, 0.29) is 5.56 Å². The summed E-state index contributed by atoms with van der Waals surface area (Å²) in [4.78, 5) is 26.9. The van der Waals surface area contributed by atoms with Gasteiger partial charge in [-0.15, -0.1) is 0 Å². The molecule has 0 amide bonds. The first-order valence-electron chi connectivity index (χ1n) is 9.77. The van der Waals surface area contributed by atoms with Gasteiger partial charge in [0.25, 0.3) is 5.56 Å². The van der Waals surface area contributed by atoms with Crippen LogP contribution in [0.15, 0.2) is 41.3 Å². The van der Waals surface area contributed by atoms with Crippen LogP contribution in [0.5, 0.6) is 0 Å². The average molecular weight is 429 g/mol. The number of aromatic amines is 1. The fourth-order valence-electron chi connectivity index (χ4n) is 3.63. The minimum atomic E-state index is -0.00348. The molecule has 0 unspecified atom stereocenters. The summed E-state index contributed by atoms with van der Waals surface area (Å²) in [6.07, 6.45) is 4.45. The summed E-state index contributed by atoms with van der Waals surface area (Å²) in [5.41, 5.74) is 4.61. The molecule has 0 spiro atoms. The number of aryl methyl sites for hydroxylation is 1. The summed E-state index contributed by atoms with van der Waals surface area (Å²) < 4.78 is 0. The van der Waals surface area contributed by atoms with Gasteiger partial charge < -0.3 is 4.98 Å². The lowest BCUT2D eigenvalue weighted by Crippen LogP contribution is -2.35. The highest BCUT2D eigenvalue weighted by atomic mass is 35.5. The van der Waals surface area contributed by atoms with Crippen molar-refractivity contribution in [2.24, 2.45) is 0 Å². The predicted molar refractivity (Wildman–Crippen MR) is 116 cm³/mol. The molecule has 2 aromatic heterocycles. The van der Waals surface area contributed by atoms with Gasteiger partial charge in [0.2, 0.25) is 0 Å². The van der Waals surface area contributed by atoms with Crippen LogP contribution < -0.4 is 5.56 Å². The lowest BCUT2D eigenvalue weighted by atomic mass is 10.1. The Balaban J connectivity index is 1.46. The molecule has 0 aliphatic carbocycles. The molecular formula is C22H22Cl2N4O. The molecule has 5 nitrogen and oxygen atoms in total. The largest absolute Gasteiger partial charge is 0.310 e. The van der Waals surface area contributed by atoms with Crippen molar-refractivity contribution < 1.29 is 0 Å². The van der Waals surface area contributed by atoms with E-state index in [0.717, 1.165) is 66.3 Å². The number of nitrogens with zero attached hydrogens (tertiary/aromatic N) is 3. The van der Waals surface area contributed by atoms with Crippen LogP contribution in [0, 0.1) is 0 Å². The maximum atomic E-state index is 12.5. The second-order valence-electron chi connectivity index (χ2n) is 7.33. The van der Waals surface area contributed by atoms with Crippen LogP contribution in [-0.4, -0.2) is 26.4 Å². The number of hydrogen-bond acceptors (Lipinski definition) is 4. The van der Waals surface area contributed by atoms with Gasteiger partial charge in [-0.3, -0.25) is 14.7 Å². The predicted octanol–water partition coefficient (Wildman–Crippen LogP) is 4.65. The Bertz CT molecular complexity index is 1080. The normalized spacial score (nSPS) is 14.0. The van der Waals surface area contributed by atoms with Crippen molar-refractivity contribution in [3.63, 3.8) is 0 Å². The average Bonchev–Trinajstić information content (AvgIpc) is 2.71. The second-order valence-corrected chi connectivity index (χ2v) is 8.14. The summed E-state index contributed by atoms with van der Waals surface area (Å²) in [6.45, 7) is 4.31. The van der Waals surface area contributed by atoms with Crippen molar-refractivity contribution in [1.29, 1.82) is 0 Å². The molecule has 3 aromatic rings. The Morgan fingerprint density at radius 2 is 2.03 bits per heavy atom. The van der Waals surface area contributed by atoms with Gasteiger partial charge in [0, 0.05) is 44.2 Å². The third-order valence-electron chi connectivity index (χ3n) is 5.13. The molecule has 7 heteroatoms. The number of nitrogens with one attached hydrogen (secondary N) is 1. The van der Waals surface area contributed by atoms with Crippen LogP contribution >= 0.6 is 23.2 Å². The fourth-order valence-corrected chi connectivity index (χ4v) is 3.92. The van der Waals surface area contributed by atoms with Crippen molar-refractivity contribution in [2.75, 3.05) is 6.54 Å². The summed E-state index contributed by atoms with van der Waals surface area (Å²) in [7, 11) is 0. The van der Waals surface area contributed by atoms with Gasteiger partial charge in [0.15, 0.2) is 0 Å². The number of hydrogen-bond donors (Lipinski definition) is 1. The Morgan fingerprint density at radius 3 is 2.76 bits per heavy atom. The van der Waals surface area contributed by atoms with Crippen LogP contribution in [-0.2, 0) is 25.9 Å². The van der Waals surface area contributed by atoms with Crippen LogP contribution in [0.1, 0.15) is 36.0 Å². The first-order chi connectivity index (χ1) is 14.0. The number of H-pyrrole nitrogens is 1. The highest BCUT2D eigenvalue weighted by Gasteiger charge is 2.21. The Morgan fingerprint density at radius 1 is 1.17 bits per heavy atom. The van der Waals surface area contributed by atoms with Gasteiger partial charge in [-0.25, -0.2) is 4.98 Å². The number of pyridine rings is 1. The molecule has 1 aliphatic rings. The van der Waals surface area contributed by atoms with Crippen molar-refractivity contribution in [3.05, 3.63) is 79.6 Å². The van der Waals surface area contributed by atoms with Gasteiger partial charge in [0.1, 0.15) is 5.82 Å². The first kappa shape index (κ1) is 20.1. The summed E-state index contributed by atoms with van der Waals surface area (Å²) in [6, 6.07) is 9.55. The molecule has 1 N–H and O–H groups in total. The smallest absolute Gasteiger partial charge is 0.255 e. The van der Waals surface area contributed by atoms with Gasteiger partial charge in [-0.1, -0.05) is 42.3 Å². The standard InChI is InChI=1S/C22H22Cl2N4O/c1-2-3-21-26-20-8-9-28(13-16(20)22(29)27-21)12-14-4-7-19(25-11-14)15-5-6-17(23)18(24)10-15/h4-7,10-11H,2-3,8-9,12-13H2,1H3,(H,26,27,29). The zero-order valence-electron chi connectivity index (χ0n) is 16.2. The van der Waals surface area contributed by atoms with E-state index < -0.39 is 0 Å². The highest BCUT2D eigenvalue weighted by molar-refractivity contribution is 6.42. The van der Waals surface area contributed by atoms with Crippen molar-refractivity contribution >= 4 is 23.2 Å². The van der Waals surface area contributed by atoms with Gasteiger partial charge >= 0.3 is 0 Å². The zero-order valence-corrected chi connectivity index (χ0v) is 17.7. The minimum Gasteiger partial charge on any atom is -0.310 e. The Hall–Kier alpha value is -2.21. The molecule has 0 atom stereocenters. The lowest BCUT2D eigenvalue weighted by molar-refractivity contribution is 0.241. The maximum Gasteiger partial charge on any atom is 0.255 e. The Kier molecular flexibility index (Phi) is 5.99. The molecule has 0 saturated carbocycles. The molecule has 0 fully saturated rings. The van der Waals surface area contributed by atoms with Gasteiger partial charge in [-0.05, 0) is 30.2 Å². The molecule has 1 aromatic carbocycles. The molecule has 0 bridgehead atoms. The van der Waals surface area contributed by atoms with E-state index in [2.05, 4.69) is 32.8 Å². The van der Waals surface area contributed by atoms with Crippen LogP contribution in [0.3, 0.4) is 0 Å². The molecule has 1 aliphatic heterocycles. The maximum absolute atomic E-state index is 12.5. The van der Waals surface area contributed by atoms with E-state index in [4.69, 9.17) is 23.2 Å². The second kappa shape index (κ2) is 8.66. The van der Waals surface area contributed by atoms with E-state index in [9.17, 15) is 4.79 Å². The first-order valence-corrected chi connectivity index (χ1v) is 10.5. The van der Waals surface area contributed by atoms with Gasteiger partial charge in [0.05, 0.1) is 27.0 Å². The van der Waals surface area contributed by atoms with E-state index >= 15 is 0 Å². The highest BCUT2D eigenvalue weighted by Crippen LogP contribution is 2.27. The van der Waals surface area contributed by atoms with Gasteiger partial charge in [-0.2, -0.15) is 0 Å². The molecule has 0 saturated heterocycles. The zero-order chi connectivity index (χ0) is 20.4. The SMILES string of the molecule is CCCc1nc2c(c(=O)[nH]1)CN(Cc1ccc(-c3ccc(Cl)c(Cl)c3)nc1)CC2. The fraction of sp³-hybridized carbons (Fsp3) is 0.318. The monoisotopic (exact) mass is 428 g/mol. The van der Waals surface area contributed by atoms with E-state index in [1.165, 1.54) is 0 Å². The molecule has 0 radical (unpaired) electrons. The van der Waals surface area contributed by atoms with Crippen LogP contribution in [0.4, 0.5) is 0 Å². The lowest BCUT2D eigenvalue weighted by Gasteiger charge is -2.27. The Labute approximate surface area is 179 Å². The third-order valence-corrected chi connectivity index (χ3v) is 5.87. The summed E-state index contributed by atoms with van der Waals surface area (Å²) in [5, 5.41) is 1.05. The topological polar surface area (TPSA) is 61.9 Å². The number of halogens is 2. The summed E-state index contributed by atoms with van der Waals surface area (Å²) >= 11 is 12.1. The third kappa shape index (κ3) is 4.53. The molecule has 29 heavy (non-hydrogen) atoms. The molecule has 150 valence electrons. The van der Waals surface area contributed by atoms with E-state index in [1.807, 2.05) is 24.4 Å². The molecular weight excluding hydrogens is 407 g/mol. The van der Waals surface area contributed by atoms with Crippen LogP contribution in [0.2, 0.25) is 10.0 Å². The van der Waals surface area contributed by atoms with Crippen molar-refractivity contribution in [3.8, 4) is 11.3 Å². The van der Waals surface area contributed by atoms with Crippen LogP contribution in [0.25, 0.3) is 11.3 Å². The number of rotatable bonds is 5. The van der Waals surface area contributed by atoms with E-state index in [0.29, 0.717) is 16.6 Å². The summed E-state index contributed by atoms with van der Waals surface area (Å²) in [5.74, 6) is 0.798. The number of aromatic nitrogens is 3. The minimum absolute atomic E-state index is 0.00348. The number of fused-ring (bicyclic) bond motifs is 1. The number of benzene rings is 1. The molecule has 4 rings (SSSR count). The van der Waals surface area contributed by atoms with Crippen molar-refractivity contribution in [2.45, 2.75) is 39.3 Å². The molecule has 3 heterocycles. The quantitative estimate of drug-likeness (QED) is 0.642. The van der Waals surface area contributed by atoms with Crippen molar-refractivity contribution in [1.82, 2.24) is 19.9 Å². The van der Waals surface area contributed by atoms with E-state index in [1.54, 1.807) is 6.07 Å².